The van der Waals surface area contributed by atoms with Gasteiger partial charge in [-0.25, -0.2) is 4.39 Å². The number of hydrogen-bond acceptors (Lipinski definition) is 3. The Balaban J connectivity index is 2.39. The summed E-state index contributed by atoms with van der Waals surface area (Å²) in [4.78, 5) is 14.5. The van der Waals surface area contributed by atoms with Gasteiger partial charge in [-0.3, -0.25) is 4.79 Å². The fourth-order valence-corrected chi connectivity index (χ4v) is 2.14. The summed E-state index contributed by atoms with van der Waals surface area (Å²) in [6.07, 6.45) is 0.169. The van der Waals surface area contributed by atoms with Crippen molar-refractivity contribution in [3.05, 3.63) is 59.9 Å². The molecule has 0 atom stereocenters. The Morgan fingerprint density at radius 1 is 1.24 bits per heavy atom. The zero-order valence-corrected chi connectivity index (χ0v) is 12.1. The molecule has 3 nitrogen and oxygen atoms in total. The number of para-hydroxylation sites is 1. The summed E-state index contributed by atoms with van der Waals surface area (Å²) >= 11 is 4.13. The Morgan fingerprint density at radius 2 is 1.95 bits per heavy atom. The minimum absolute atomic E-state index is 0.0516. The Hall–Kier alpha value is -2.32. The second kappa shape index (κ2) is 6.91. The minimum Gasteiger partial charge on any atom is -0.307 e. The number of hydrogen-bond donors (Lipinski definition) is 1. The van der Waals surface area contributed by atoms with Crippen LogP contribution in [0.25, 0.3) is 0 Å². The molecule has 0 aromatic heterocycles. The van der Waals surface area contributed by atoms with E-state index < -0.39 is 11.7 Å². The van der Waals surface area contributed by atoms with E-state index in [9.17, 15) is 9.18 Å². The molecule has 0 bridgehead atoms. The summed E-state index contributed by atoms with van der Waals surface area (Å²) in [5.74, 6) is -1.08. The summed E-state index contributed by atoms with van der Waals surface area (Å²) in [5, 5.41) is 8.74. The lowest BCUT2D eigenvalue weighted by atomic mass is 10.1. The van der Waals surface area contributed by atoms with Crippen LogP contribution in [0, 0.1) is 17.1 Å². The van der Waals surface area contributed by atoms with Crippen LogP contribution in [0.15, 0.2) is 53.4 Å². The lowest BCUT2D eigenvalue weighted by Crippen LogP contribution is -2.32. The van der Waals surface area contributed by atoms with Gasteiger partial charge in [-0.1, -0.05) is 18.2 Å². The van der Waals surface area contributed by atoms with Crippen molar-refractivity contribution in [1.82, 2.24) is 0 Å². The van der Waals surface area contributed by atoms with E-state index in [-0.39, 0.29) is 18.5 Å². The van der Waals surface area contributed by atoms with Gasteiger partial charge in [0.15, 0.2) is 0 Å². The van der Waals surface area contributed by atoms with E-state index >= 15 is 0 Å². The van der Waals surface area contributed by atoms with Gasteiger partial charge in [0.05, 0.1) is 18.1 Å². The van der Waals surface area contributed by atoms with Crippen LogP contribution in [0.3, 0.4) is 0 Å². The second-order valence-corrected chi connectivity index (χ2v) is 4.88. The molecule has 0 heterocycles. The van der Waals surface area contributed by atoms with Crippen LogP contribution < -0.4 is 4.90 Å². The number of carbonyl (C=O) groups is 1. The smallest absolute Gasteiger partial charge is 0.261 e. The first-order chi connectivity index (χ1) is 10.1. The normalized spacial score (nSPS) is 9.95. The summed E-state index contributed by atoms with van der Waals surface area (Å²) in [5.41, 5.74) is 0.575. The van der Waals surface area contributed by atoms with E-state index in [1.807, 2.05) is 12.1 Å². The van der Waals surface area contributed by atoms with Crippen molar-refractivity contribution in [2.75, 3.05) is 11.4 Å². The van der Waals surface area contributed by atoms with Crippen LogP contribution in [0.2, 0.25) is 0 Å². The maximum Gasteiger partial charge on any atom is 0.261 e. The molecule has 5 heteroatoms. The third-order valence-electron chi connectivity index (χ3n) is 2.94. The molecule has 21 heavy (non-hydrogen) atoms. The Bertz CT molecular complexity index is 682. The maximum absolute atomic E-state index is 13.9. The molecule has 106 valence electrons. The van der Waals surface area contributed by atoms with E-state index in [1.165, 1.54) is 23.1 Å². The zero-order valence-electron chi connectivity index (χ0n) is 11.2. The highest BCUT2D eigenvalue weighted by Crippen LogP contribution is 2.20. The molecule has 0 aliphatic heterocycles. The fourth-order valence-electron chi connectivity index (χ4n) is 1.94. The van der Waals surface area contributed by atoms with Gasteiger partial charge >= 0.3 is 0 Å². The molecule has 2 aromatic rings. The first kappa shape index (κ1) is 15.1. The van der Waals surface area contributed by atoms with Gasteiger partial charge in [0.1, 0.15) is 5.82 Å². The molecule has 0 aliphatic rings. The molecule has 0 spiro atoms. The average Bonchev–Trinajstić information content (AvgIpc) is 2.51. The third kappa shape index (κ3) is 3.61. The summed E-state index contributed by atoms with van der Waals surface area (Å²) in [6.45, 7) is 0.204. The van der Waals surface area contributed by atoms with Crippen molar-refractivity contribution in [3.63, 3.8) is 0 Å². The maximum atomic E-state index is 13.9. The Labute approximate surface area is 128 Å². The molecule has 0 radical (unpaired) electrons. The lowest BCUT2D eigenvalue weighted by Gasteiger charge is -2.22. The number of rotatable bonds is 4. The van der Waals surface area contributed by atoms with Crippen LogP contribution in [0.1, 0.15) is 16.8 Å². The number of anilines is 1. The molecule has 0 aliphatic carbocycles. The molecule has 0 saturated heterocycles. The average molecular weight is 300 g/mol. The van der Waals surface area contributed by atoms with Crippen molar-refractivity contribution in [2.24, 2.45) is 0 Å². The van der Waals surface area contributed by atoms with Gasteiger partial charge < -0.3 is 4.90 Å². The molecule has 0 fully saturated rings. The van der Waals surface area contributed by atoms with Crippen molar-refractivity contribution in [3.8, 4) is 6.07 Å². The van der Waals surface area contributed by atoms with Gasteiger partial charge in [0, 0.05) is 17.1 Å². The standard InChI is InChI=1S/C16H13FN2OS/c17-15-8-7-13(21)11-14(15)16(20)19(10-4-9-18)12-5-2-1-3-6-12/h1-3,5-8,11,21H,4,10H2. The van der Waals surface area contributed by atoms with Gasteiger partial charge in [0.2, 0.25) is 0 Å². The number of thiol groups is 1. The summed E-state index contributed by atoms with van der Waals surface area (Å²) < 4.78 is 13.9. The molecule has 2 rings (SSSR count). The number of amides is 1. The predicted octanol–water partition coefficient (Wildman–Crippen LogP) is 3.67. The molecule has 2 aromatic carbocycles. The first-order valence-electron chi connectivity index (χ1n) is 6.36. The highest BCUT2D eigenvalue weighted by molar-refractivity contribution is 7.80. The number of nitrogens with zero attached hydrogens (tertiary/aromatic N) is 2. The minimum atomic E-state index is -0.601. The highest BCUT2D eigenvalue weighted by Gasteiger charge is 2.20. The second-order valence-electron chi connectivity index (χ2n) is 4.36. The van der Waals surface area contributed by atoms with Gasteiger partial charge in [-0.05, 0) is 30.3 Å². The van der Waals surface area contributed by atoms with Crippen molar-refractivity contribution in [2.45, 2.75) is 11.3 Å². The molecule has 0 unspecified atom stereocenters. The molecule has 0 saturated carbocycles. The topological polar surface area (TPSA) is 44.1 Å². The SMILES string of the molecule is N#CCCN(C(=O)c1cc(S)ccc1F)c1ccccc1. The predicted molar refractivity (Wildman–Crippen MR) is 82.0 cm³/mol. The number of halogens is 1. The van der Waals surface area contributed by atoms with E-state index in [0.29, 0.717) is 10.6 Å². The van der Waals surface area contributed by atoms with E-state index in [0.717, 1.165) is 0 Å². The molecule has 1 amide bonds. The van der Waals surface area contributed by atoms with Crippen molar-refractivity contribution in [1.29, 1.82) is 5.26 Å². The van der Waals surface area contributed by atoms with Crippen LogP contribution in [0.5, 0.6) is 0 Å². The van der Waals surface area contributed by atoms with Crippen molar-refractivity contribution >= 4 is 24.2 Å². The van der Waals surface area contributed by atoms with E-state index in [1.54, 1.807) is 24.3 Å². The van der Waals surface area contributed by atoms with E-state index in [4.69, 9.17) is 5.26 Å². The molecule has 0 N–H and O–H groups in total. The zero-order chi connectivity index (χ0) is 15.2. The summed E-state index contributed by atoms with van der Waals surface area (Å²) in [6, 6.07) is 15.0. The van der Waals surface area contributed by atoms with E-state index in [2.05, 4.69) is 12.6 Å². The van der Waals surface area contributed by atoms with Gasteiger partial charge in [0.25, 0.3) is 5.91 Å². The Morgan fingerprint density at radius 3 is 2.62 bits per heavy atom. The fraction of sp³-hybridized carbons (Fsp3) is 0.125. The largest absolute Gasteiger partial charge is 0.307 e. The van der Waals surface area contributed by atoms with Gasteiger partial charge in [-0.15, -0.1) is 12.6 Å². The Kier molecular flexibility index (Phi) is 4.96. The molecular formula is C16H13FN2OS. The third-order valence-corrected chi connectivity index (χ3v) is 3.22. The quantitative estimate of drug-likeness (QED) is 0.875. The van der Waals surface area contributed by atoms with Crippen LogP contribution in [-0.4, -0.2) is 12.5 Å². The first-order valence-corrected chi connectivity index (χ1v) is 6.80. The number of benzene rings is 2. The number of nitriles is 1. The van der Waals surface area contributed by atoms with Crippen LogP contribution in [-0.2, 0) is 0 Å². The molecular weight excluding hydrogens is 287 g/mol. The van der Waals surface area contributed by atoms with Crippen LogP contribution in [0.4, 0.5) is 10.1 Å². The number of carbonyl (C=O) groups excluding carboxylic acids is 1. The monoisotopic (exact) mass is 300 g/mol. The van der Waals surface area contributed by atoms with Gasteiger partial charge in [-0.2, -0.15) is 5.26 Å². The highest BCUT2D eigenvalue weighted by atomic mass is 32.1. The lowest BCUT2D eigenvalue weighted by molar-refractivity contribution is 0.0983. The van der Waals surface area contributed by atoms with Crippen LogP contribution >= 0.6 is 12.6 Å². The summed E-state index contributed by atoms with van der Waals surface area (Å²) in [7, 11) is 0. The van der Waals surface area contributed by atoms with Crippen molar-refractivity contribution < 1.29 is 9.18 Å².